The Hall–Kier alpha value is -1.76. The fraction of sp³-hybridized carbons (Fsp3) is 0.250. The zero-order valence-corrected chi connectivity index (χ0v) is 7.05. The van der Waals surface area contributed by atoms with Crippen LogP contribution in [0.15, 0.2) is 12.1 Å². The molecule has 0 saturated carbocycles. The number of nitriles is 1. The van der Waals surface area contributed by atoms with Crippen LogP contribution in [0.2, 0.25) is 0 Å². The highest BCUT2D eigenvalue weighted by atomic mass is 15.0. The largest absolute Gasteiger partial charge is 0.373 e. The number of rotatable bonds is 2. The highest BCUT2D eigenvalue weighted by Crippen LogP contribution is 2.13. The summed E-state index contributed by atoms with van der Waals surface area (Å²) in [6.07, 6.45) is 0. The molecule has 0 bridgehead atoms. The lowest BCUT2D eigenvalue weighted by Crippen LogP contribution is -1.99. The maximum absolute atomic E-state index is 8.66. The molecule has 0 fully saturated rings. The first-order valence-corrected chi connectivity index (χ1v) is 3.58. The van der Waals surface area contributed by atoms with Gasteiger partial charge in [0.2, 0.25) is 0 Å². The Kier molecular flexibility index (Phi) is 2.49. The van der Waals surface area contributed by atoms with Gasteiger partial charge in [-0.1, -0.05) is 0 Å². The fourth-order valence-corrected chi connectivity index (χ4v) is 0.879. The molecule has 0 spiro atoms. The highest BCUT2D eigenvalue weighted by molar-refractivity contribution is 5.56. The Bertz CT molecular complexity index is 313. The van der Waals surface area contributed by atoms with E-state index in [1.807, 2.05) is 6.07 Å². The van der Waals surface area contributed by atoms with Crippen molar-refractivity contribution in [3.05, 3.63) is 17.7 Å². The van der Waals surface area contributed by atoms with E-state index in [4.69, 9.17) is 5.26 Å². The summed E-state index contributed by atoms with van der Waals surface area (Å²) in [6.45, 7) is 0. The molecule has 1 heterocycles. The van der Waals surface area contributed by atoms with Crippen LogP contribution in [0.5, 0.6) is 0 Å². The first kappa shape index (κ1) is 8.34. The molecule has 0 aliphatic rings. The zero-order valence-electron chi connectivity index (χ0n) is 7.05. The van der Waals surface area contributed by atoms with Crippen molar-refractivity contribution >= 4 is 11.6 Å². The van der Waals surface area contributed by atoms with E-state index in [-0.39, 0.29) is 0 Å². The third-order valence-corrected chi connectivity index (χ3v) is 1.51. The summed E-state index contributed by atoms with van der Waals surface area (Å²) < 4.78 is 0. The molecule has 0 aliphatic carbocycles. The minimum atomic E-state index is 0.552. The minimum Gasteiger partial charge on any atom is -0.373 e. The SMILES string of the molecule is CNc1ccc(C#N)c(NC)n1. The molecule has 0 radical (unpaired) electrons. The van der Waals surface area contributed by atoms with Crippen LogP contribution in [0.3, 0.4) is 0 Å². The monoisotopic (exact) mass is 162 g/mol. The summed E-state index contributed by atoms with van der Waals surface area (Å²) >= 11 is 0. The molecule has 62 valence electrons. The van der Waals surface area contributed by atoms with Gasteiger partial charge in [-0.3, -0.25) is 0 Å². The fourth-order valence-electron chi connectivity index (χ4n) is 0.879. The second-order valence-electron chi connectivity index (χ2n) is 2.20. The Morgan fingerprint density at radius 2 is 2.08 bits per heavy atom. The molecule has 4 heteroatoms. The Morgan fingerprint density at radius 3 is 2.58 bits per heavy atom. The Morgan fingerprint density at radius 1 is 1.33 bits per heavy atom. The van der Waals surface area contributed by atoms with Crippen LogP contribution in [-0.4, -0.2) is 19.1 Å². The van der Waals surface area contributed by atoms with E-state index in [1.165, 1.54) is 0 Å². The quantitative estimate of drug-likeness (QED) is 0.682. The number of nitrogens with zero attached hydrogens (tertiary/aromatic N) is 2. The maximum Gasteiger partial charge on any atom is 0.146 e. The van der Waals surface area contributed by atoms with Gasteiger partial charge in [0.25, 0.3) is 0 Å². The summed E-state index contributed by atoms with van der Waals surface area (Å²) in [4.78, 5) is 4.14. The summed E-state index contributed by atoms with van der Waals surface area (Å²) in [6, 6.07) is 5.54. The topological polar surface area (TPSA) is 60.7 Å². The molecule has 0 amide bonds. The third-order valence-electron chi connectivity index (χ3n) is 1.51. The maximum atomic E-state index is 8.66. The van der Waals surface area contributed by atoms with E-state index < -0.39 is 0 Å². The molecule has 0 atom stereocenters. The number of hydrogen-bond acceptors (Lipinski definition) is 4. The molecule has 0 aromatic carbocycles. The van der Waals surface area contributed by atoms with Gasteiger partial charge in [0.05, 0.1) is 5.56 Å². The lowest BCUT2D eigenvalue weighted by molar-refractivity contribution is 1.24. The first-order chi connectivity index (χ1) is 5.81. The first-order valence-electron chi connectivity index (χ1n) is 3.58. The van der Waals surface area contributed by atoms with E-state index in [1.54, 1.807) is 26.2 Å². The minimum absolute atomic E-state index is 0.552. The number of aromatic nitrogens is 1. The molecule has 1 rings (SSSR count). The smallest absolute Gasteiger partial charge is 0.146 e. The van der Waals surface area contributed by atoms with Crippen molar-refractivity contribution < 1.29 is 0 Å². The van der Waals surface area contributed by atoms with Crippen molar-refractivity contribution in [1.29, 1.82) is 5.26 Å². The highest BCUT2D eigenvalue weighted by Gasteiger charge is 2.01. The lowest BCUT2D eigenvalue weighted by Gasteiger charge is -2.04. The van der Waals surface area contributed by atoms with Gasteiger partial charge in [-0.25, -0.2) is 4.98 Å². The summed E-state index contributed by atoms with van der Waals surface area (Å²) in [7, 11) is 3.52. The van der Waals surface area contributed by atoms with Crippen molar-refractivity contribution in [3.63, 3.8) is 0 Å². The molecular formula is C8H10N4. The summed E-state index contributed by atoms with van der Waals surface area (Å²) in [5.74, 6) is 1.35. The van der Waals surface area contributed by atoms with Gasteiger partial charge in [0.1, 0.15) is 17.7 Å². The number of nitrogens with one attached hydrogen (secondary N) is 2. The van der Waals surface area contributed by atoms with Gasteiger partial charge in [-0.15, -0.1) is 0 Å². The molecule has 0 unspecified atom stereocenters. The van der Waals surface area contributed by atoms with Crippen molar-refractivity contribution in [2.24, 2.45) is 0 Å². The predicted molar refractivity (Wildman–Crippen MR) is 48.0 cm³/mol. The molecule has 2 N–H and O–H groups in total. The van der Waals surface area contributed by atoms with Gasteiger partial charge in [0.15, 0.2) is 0 Å². The third kappa shape index (κ3) is 1.45. The molecule has 4 nitrogen and oxygen atoms in total. The average molecular weight is 162 g/mol. The standard InChI is InChI=1S/C8H10N4/c1-10-7-4-3-6(5-9)8(11-2)12-7/h3-4H,1-2H3,(H2,10,11,12). The van der Waals surface area contributed by atoms with Crippen molar-refractivity contribution in [3.8, 4) is 6.07 Å². The normalized spacial score (nSPS) is 8.75. The van der Waals surface area contributed by atoms with Crippen LogP contribution >= 0.6 is 0 Å². The van der Waals surface area contributed by atoms with E-state index in [0.29, 0.717) is 11.4 Å². The van der Waals surface area contributed by atoms with E-state index in [9.17, 15) is 0 Å². The van der Waals surface area contributed by atoms with Gasteiger partial charge >= 0.3 is 0 Å². The Balaban J connectivity index is 3.13. The molecule has 1 aromatic rings. The molecule has 1 aromatic heterocycles. The van der Waals surface area contributed by atoms with Crippen LogP contribution in [0, 0.1) is 11.3 Å². The van der Waals surface area contributed by atoms with Gasteiger partial charge in [0, 0.05) is 14.1 Å². The van der Waals surface area contributed by atoms with Gasteiger partial charge < -0.3 is 10.6 Å². The van der Waals surface area contributed by atoms with Crippen LogP contribution in [-0.2, 0) is 0 Å². The van der Waals surface area contributed by atoms with E-state index >= 15 is 0 Å². The van der Waals surface area contributed by atoms with Crippen LogP contribution < -0.4 is 10.6 Å². The average Bonchev–Trinajstić information content (AvgIpc) is 2.16. The summed E-state index contributed by atoms with van der Waals surface area (Å²) in [5.41, 5.74) is 0.552. The number of anilines is 2. The predicted octanol–water partition coefficient (Wildman–Crippen LogP) is 1.04. The van der Waals surface area contributed by atoms with Crippen LogP contribution in [0.4, 0.5) is 11.6 Å². The molecule has 12 heavy (non-hydrogen) atoms. The Labute approximate surface area is 71.2 Å². The number of pyridine rings is 1. The van der Waals surface area contributed by atoms with Crippen LogP contribution in [0.25, 0.3) is 0 Å². The van der Waals surface area contributed by atoms with Gasteiger partial charge in [-0.05, 0) is 12.1 Å². The zero-order chi connectivity index (χ0) is 8.97. The van der Waals surface area contributed by atoms with Crippen LogP contribution in [0.1, 0.15) is 5.56 Å². The van der Waals surface area contributed by atoms with E-state index in [0.717, 1.165) is 5.82 Å². The lowest BCUT2D eigenvalue weighted by atomic mass is 10.3. The number of hydrogen-bond donors (Lipinski definition) is 2. The van der Waals surface area contributed by atoms with Gasteiger partial charge in [-0.2, -0.15) is 5.26 Å². The second-order valence-corrected chi connectivity index (χ2v) is 2.20. The molecular weight excluding hydrogens is 152 g/mol. The van der Waals surface area contributed by atoms with Crippen molar-refractivity contribution in [2.75, 3.05) is 24.7 Å². The van der Waals surface area contributed by atoms with E-state index in [2.05, 4.69) is 15.6 Å². The second kappa shape index (κ2) is 3.58. The van der Waals surface area contributed by atoms with Crippen molar-refractivity contribution in [1.82, 2.24) is 4.98 Å². The molecule has 0 saturated heterocycles. The van der Waals surface area contributed by atoms with Crippen molar-refractivity contribution in [2.45, 2.75) is 0 Å². The molecule has 0 aliphatic heterocycles. The summed E-state index contributed by atoms with van der Waals surface area (Å²) in [5, 5.41) is 14.4.